The van der Waals surface area contributed by atoms with Gasteiger partial charge in [0.2, 0.25) is 0 Å². The van der Waals surface area contributed by atoms with Gasteiger partial charge in [0.1, 0.15) is 28.9 Å². The summed E-state index contributed by atoms with van der Waals surface area (Å²) in [4.78, 5) is 15.8. The number of benzene rings is 2. The fraction of sp³-hybridized carbons (Fsp3) is 0.200. The molecule has 0 fully saturated rings. The van der Waals surface area contributed by atoms with Crippen LogP contribution in [0.15, 0.2) is 57.9 Å². The molecule has 0 bridgehead atoms. The van der Waals surface area contributed by atoms with Gasteiger partial charge in [-0.2, -0.15) is 0 Å². The number of carboxylic acids is 1. The highest BCUT2D eigenvalue weighted by molar-refractivity contribution is 5.80. The first-order valence-corrected chi connectivity index (χ1v) is 8.19. The molecule has 134 valence electrons. The standard InChI is InChI=1S/C20H19NO5/c1-3-16(20(23)24)21-17-11-19(12-4-7-14(25-2)8-5-12)26-18-9-6-13(22)10-15(17)18/h4-11,16,22H,3H2,1-2H3,(H,23,24). The largest absolute Gasteiger partial charge is 0.508 e. The Balaban J connectivity index is 2.24. The molecule has 0 saturated heterocycles. The van der Waals surface area contributed by atoms with Crippen LogP contribution in [0, 0.1) is 0 Å². The van der Waals surface area contributed by atoms with Gasteiger partial charge in [-0.25, -0.2) is 4.79 Å². The molecule has 0 radical (unpaired) electrons. The molecule has 0 saturated carbocycles. The fourth-order valence-corrected chi connectivity index (χ4v) is 2.65. The van der Waals surface area contributed by atoms with Gasteiger partial charge < -0.3 is 19.4 Å². The number of ether oxygens (including phenoxy) is 1. The second-order valence-corrected chi connectivity index (χ2v) is 5.80. The molecule has 1 atom stereocenters. The molecule has 1 aromatic heterocycles. The molecule has 1 unspecified atom stereocenters. The lowest BCUT2D eigenvalue weighted by molar-refractivity contribution is -0.138. The number of nitrogens with zero attached hydrogens (tertiary/aromatic N) is 1. The van der Waals surface area contributed by atoms with Crippen LogP contribution in [0.25, 0.3) is 22.3 Å². The number of hydrogen-bond donors (Lipinski definition) is 2. The van der Waals surface area contributed by atoms with Crippen molar-refractivity contribution in [2.24, 2.45) is 4.99 Å². The van der Waals surface area contributed by atoms with E-state index in [1.165, 1.54) is 12.1 Å². The Morgan fingerprint density at radius 1 is 1.19 bits per heavy atom. The number of methoxy groups -OCH3 is 1. The maximum atomic E-state index is 11.4. The molecular formula is C20H19NO5. The smallest absolute Gasteiger partial charge is 0.328 e. The van der Waals surface area contributed by atoms with Gasteiger partial charge in [-0.3, -0.25) is 4.99 Å². The number of phenolic OH excluding ortho intramolecular Hbond substituents is 1. The highest BCUT2D eigenvalue weighted by Crippen LogP contribution is 2.26. The Morgan fingerprint density at radius 2 is 1.92 bits per heavy atom. The Morgan fingerprint density at radius 3 is 2.54 bits per heavy atom. The molecule has 3 aromatic rings. The van der Waals surface area contributed by atoms with Gasteiger partial charge in [0.05, 0.1) is 12.5 Å². The first kappa shape index (κ1) is 17.5. The van der Waals surface area contributed by atoms with Gasteiger partial charge in [0, 0.05) is 17.0 Å². The lowest BCUT2D eigenvalue weighted by atomic mass is 10.1. The Bertz CT molecular complexity index is 1000. The summed E-state index contributed by atoms with van der Waals surface area (Å²) in [6, 6.07) is 12.8. The summed E-state index contributed by atoms with van der Waals surface area (Å²) in [6.07, 6.45) is 0.361. The lowest BCUT2D eigenvalue weighted by Gasteiger charge is -2.08. The predicted molar refractivity (Wildman–Crippen MR) is 97.1 cm³/mol. The number of carboxylic acid groups (broad SMARTS) is 1. The molecule has 3 rings (SSSR count). The molecule has 0 spiro atoms. The quantitative estimate of drug-likeness (QED) is 0.731. The second-order valence-electron chi connectivity index (χ2n) is 5.80. The third kappa shape index (κ3) is 3.54. The van der Waals surface area contributed by atoms with E-state index in [9.17, 15) is 15.0 Å². The summed E-state index contributed by atoms with van der Waals surface area (Å²) in [5, 5.41) is 20.1. The van der Waals surface area contributed by atoms with E-state index in [4.69, 9.17) is 9.15 Å². The molecule has 6 nitrogen and oxygen atoms in total. The molecule has 0 aliphatic carbocycles. The van der Waals surface area contributed by atoms with Gasteiger partial charge in [-0.1, -0.05) is 6.92 Å². The molecule has 0 aliphatic heterocycles. The summed E-state index contributed by atoms with van der Waals surface area (Å²) in [5.41, 5.74) is 1.32. The first-order chi connectivity index (χ1) is 12.5. The van der Waals surface area contributed by atoms with Gasteiger partial charge >= 0.3 is 5.97 Å². The van der Waals surface area contributed by atoms with Crippen LogP contribution in [0.3, 0.4) is 0 Å². The Labute approximate surface area is 150 Å². The van der Waals surface area contributed by atoms with Crippen LogP contribution in [-0.4, -0.2) is 29.3 Å². The third-order valence-electron chi connectivity index (χ3n) is 4.07. The summed E-state index contributed by atoms with van der Waals surface area (Å²) in [7, 11) is 1.59. The number of aliphatic carboxylic acids is 1. The lowest BCUT2D eigenvalue weighted by Crippen LogP contribution is -2.20. The van der Waals surface area contributed by atoms with Crippen LogP contribution in [0.5, 0.6) is 11.5 Å². The van der Waals surface area contributed by atoms with Crippen LogP contribution < -0.4 is 10.1 Å². The number of fused-ring (bicyclic) bond motifs is 1. The second kappa shape index (κ2) is 7.31. The average molecular weight is 353 g/mol. The van der Waals surface area contributed by atoms with E-state index in [0.717, 1.165) is 11.3 Å². The number of carbonyl (C=O) groups is 1. The highest BCUT2D eigenvalue weighted by Gasteiger charge is 2.14. The minimum absolute atomic E-state index is 0.0599. The van der Waals surface area contributed by atoms with E-state index in [1.54, 1.807) is 26.2 Å². The van der Waals surface area contributed by atoms with Crippen molar-refractivity contribution < 1.29 is 24.2 Å². The third-order valence-corrected chi connectivity index (χ3v) is 4.07. The van der Waals surface area contributed by atoms with E-state index in [0.29, 0.717) is 28.5 Å². The van der Waals surface area contributed by atoms with Gasteiger partial charge in [-0.15, -0.1) is 0 Å². The molecule has 26 heavy (non-hydrogen) atoms. The van der Waals surface area contributed by atoms with E-state index < -0.39 is 12.0 Å². The van der Waals surface area contributed by atoms with Crippen molar-refractivity contribution in [3.05, 3.63) is 53.9 Å². The van der Waals surface area contributed by atoms with Crippen LogP contribution in [-0.2, 0) is 4.79 Å². The average Bonchev–Trinajstić information content (AvgIpc) is 2.65. The van der Waals surface area contributed by atoms with Crippen LogP contribution >= 0.6 is 0 Å². The number of hydrogen-bond acceptors (Lipinski definition) is 5. The Kier molecular flexibility index (Phi) is 4.93. The SMILES string of the molecule is CCC(N=c1cc(-c2ccc(OC)cc2)oc2ccc(O)cc12)C(=O)O. The highest BCUT2D eigenvalue weighted by atomic mass is 16.5. The zero-order valence-electron chi connectivity index (χ0n) is 14.5. The molecule has 6 heteroatoms. The summed E-state index contributed by atoms with van der Waals surface area (Å²) in [6.45, 7) is 1.76. The molecule has 2 N–H and O–H groups in total. The van der Waals surface area contributed by atoms with Crippen LogP contribution in [0.2, 0.25) is 0 Å². The molecule has 0 aliphatic rings. The van der Waals surface area contributed by atoms with Crippen LogP contribution in [0.4, 0.5) is 0 Å². The van der Waals surface area contributed by atoms with Crippen molar-refractivity contribution >= 4 is 16.9 Å². The van der Waals surface area contributed by atoms with Gasteiger partial charge in [0.25, 0.3) is 0 Å². The van der Waals surface area contributed by atoms with Crippen molar-refractivity contribution in [3.8, 4) is 22.8 Å². The van der Waals surface area contributed by atoms with Crippen molar-refractivity contribution in [2.45, 2.75) is 19.4 Å². The monoisotopic (exact) mass is 353 g/mol. The summed E-state index contributed by atoms with van der Waals surface area (Å²) < 4.78 is 11.1. The van der Waals surface area contributed by atoms with Crippen molar-refractivity contribution in [1.29, 1.82) is 0 Å². The van der Waals surface area contributed by atoms with Crippen molar-refractivity contribution in [3.63, 3.8) is 0 Å². The molecule has 1 heterocycles. The minimum atomic E-state index is -0.993. The van der Waals surface area contributed by atoms with E-state index in [2.05, 4.69) is 4.99 Å². The topological polar surface area (TPSA) is 92.3 Å². The maximum absolute atomic E-state index is 11.4. The van der Waals surface area contributed by atoms with Crippen LogP contribution in [0.1, 0.15) is 13.3 Å². The Hall–Kier alpha value is -3.28. The minimum Gasteiger partial charge on any atom is -0.508 e. The van der Waals surface area contributed by atoms with E-state index in [-0.39, 0.29) is 5.75 Å². The fourth-order valence-electron chi connectivity index (χ4n) is 2.65. The first-order valence-electron chi connectivity index (χ1n) is 8.19. The summed E-state index contributed by atoms with van der Waals surface area (Å²) in [5.74, 6) is 0.337. The van der Waals surface area contributed by atoms with E-state index >= 15 is 0 Å². The maximum Gasteiger partial charge on any atom is 0.328 e. The van der Waals surface area contributed by atoms with Gasteiger partial charge in [-0.05, 0) is 48.9 Å². The normalized spacial score (nSPS) is 12.9. The molecular weight excluding hydrogens is 334 g/mol. The number of rotatable bonds is 5. The molecule has 2 aromatic carbocycles. The zero-order valence-corrected chi connectivity index (χ0v) is 14.5. The summed E-state index contributed by atoms with van der Waals surface area (Å²) >= 11 is 0. The zero-order chi connectivity index (χ0) is 18.7. The van der Waals surface area contributed by atoms with Crippen molar-refractivity contribution in [2.75, 3.05) is 7.11 Å². The number of phenols is 1. The predicted octanol–water partition coefficient (Wildman–Crippen LogP) is 3.58. The van der Waals surface area contributed by atoms with E-state index in [1.807, 2.05) is 24.3 Å². The van der Waals surface area contributed by atoms with Gasteiger partial charge in [0.15, 0.2) is 0 Å². The molecule has 0 amide bonds. The van der Waals surface area contributed by atoms with Crippen molar-refractivity contribution in [1.82, 2.24) is 0 Å². The number of aromatic hydroxyl groups is 1.